The van der Waals surface area contributed by atoms with E-state index in [0.29, 0.717) is 23.7 Å². The quantitative estimate of drug-likeness (QED) is 0.499. The number of para-hydroxylation sites is 2. The molecule has 0 bridgehead atoms. The van der Waals surface area contributed by atoms with Crippen molar-refractivity contribution in [3.8, 4) is 5.69 Å². The lowest BCUT2D eigenvalue weighted by atomic mass is 9.90. The number of carbonyl (C=O) groups is 1. The Hall–Kier alpha value is -3.48. The second-order valence-corrected chi connectivity index (χ2v) is 8.37. The minimum Gasteiger partial charge on any atom is -0.441 e. The zero-order valence-corrected chi connectivity index (χ0v) is 17.7. The number of benzene rings is 2. The van der Waals surface area contributed by atoms with Gasteiger partial charge < -0.3 is 9.32 Å². The molecule has 7 nitrogen and oxygen atoms in total. The molecule has 31 heavy (non-hydrogen) atoms. The smallest absolute Gasteiger partial charge is 0.256 e. The summed E-state index contributed by atoms with van der Waals surface area (Å²) in [4.78, 5) is 21.8. The fourth-order valence-electron chi connectivity index (χ4n) is 4.38. The van der Waals surface area contributed by atoms with Crippen LogP contribution in [0.1, 0.15) is 41.6 Å². The van der Waals surface area contributed by atoms with Crippen molar-refractivity contribution < 1.29 is 9.21 Å². The van der Waals surface area contributed by atoms with Crippen LogP contribution in [-0.2, 0) is 6.42 Å². The third-order valence-electron chi connectivity index (χ3n) is 6.06. The predicted octanol–water partition coefficient (Wildman–Crippen LogP) is 4.20. The standard InChI is InChI=1S/C24H25N5O2/c1-16-7-10-21(29-25-11-12-26-29)19(13-16)24(30)28-15-18(9-8-17(28)2)14-23-27-20-5-3-4-6-22(20)31-23/h3-7,10-13,17-18H,8-9,14-15H2,1-2H3/t17-,18+/m0/s1. The van der Waals surface area contributed by atoms with Crippen LogP contribution in [0.4, 0.5) is 0 Å². The van der Waals surface area contributed by atoms with Crippen molar-refractivity contribution in [2.45, 2.75) is 39.2 Å². The number of hydrogen-bond acceptors (Lipinski definition) is 5. The Bertz CT molecular complexity index is 1180. The molecule has 3 heterocycles. The fourth-order valence-corrected chi connectivity index (χ4v) is 4.38. The highest BCUT2D eigenvalue weighted by Gasteiger charge is 2.32. The molecule has 1 amide bonds. The van der Waals surface area contributed by atoms with Gasteiger partial charge in [-0.1, -0.05) is 23.8 Å². The number of likely N-dealkylation sites (tertiary alicyclic amines) is 1. The Morgan fingerprint density at radius 3 is 2.74 bits per heavy atom. The van der Waals surface area contributed by atoms with Gasteiger partial charge in [0.2, 0.25) is 0 Å². The summed E-state index contributed by atoms with van der Waals surface area (Å²) in [5, 5.41) is 8.46. The average molecular weight is 415 g/mol. The molecule has 0 spiro atoms. The molecule has 0 unspecified atom stereocenters. The molecule has 2 aromatic carbocycles. The molecule has 0 N–H and O–H groups in total. The van der Waals surface area contributed by atoms with Crippen molar-refractivity contribution in [2.24, 2.45) is 5.92 Å². The molecular formula is C24H25N5O2. The molecule has 4 aromatic rings. The average Bonchev–Trinajstić information content (AvgIpc) is 3.44. The van der Waals surface area contributed by atoms with E-state index in [-0.39, 0.29) is 11.9 Å². The summed E-state index contributed by atoms with van der Waals surface area (Å²) in [6.07, 6.45) is 5.97. The summed E-state index contributed by atoms with van der Waals surface area (Å²) in [5.74, 6) is 1.07. The van der Waals surface area contributed by atoms with Crippen LogP contribution in [0.2, 0.25) is 0 Å². The molecule has 158 valence electrons. The van der Waals surface area contributed by atoms with Gasteiger partial charge in [0.25, 0.3) is 5.91 Å². The number of aryl methyl sites for hydroxylation is 1. The van der Waals surface area contributed by atoms with Crippen LogP contribution in [-0.4, -0.2) is 43.4 Å². The number of fused-ring (bicyclic) bond motifs is 1. The SMILES string of the molecule is Cc1ccc(-n2nccn2)c(C(=O)N2C[C@@H](Cc3nc4ccccc4o3)CC[C@@H]2C)c1. The van der Waals surface area contributed by atoms with Gasteiger partial charge in [-0.15, -0.1) is 0 Å². The van der Waals surface area contributed by atoms with Crippen molar-refractivity contribution >= 4 is 17.0 Å². The zero-order chi connectivity index (χ0) is 21.4. The van der Waals surface area contributed by atoms with Crippen LogP contribution in [0.15, 0.2) is 59.3 Å². The summed E-state index contributed by atoms with van der Waals surface area (Å²) in [7, 11) is 0. The Morgan fingerprint density at radius 2 is 1.94 bits per heavy atom. The van der Waals surface area contributed by atoms with E-state index >= 15 is 0 Å². The maximum Gasteiger partial charge on any atom is 0.256 e. The maximum atomic E-state index is 13.6. The van der Waals surface area contributed by atoms with Crippen molar-refractivity contribution in [3.05, 3.63) is 71.9 Å². The molecule has 0 saturated carbocycles. The van der Waals surface area contributed by atoms with Crippen LogP contribution < -0.4 is 0 Å². The molecule has 1 fully saturated rings. The molecule has 7 heteroatoms. The first kappa shape index (κ1) is 19.5. The van der Waals surface area contributed by atoms with Gasteiger partial charge >= 0.3 is 0 Å². The van der Waals surface area contributed by atoms with Crippen LogP contribution >= 0.6 is 0 Å². The Balaban J connectivity index is 1.39. The molecule has 0 aliphatic carbocycles. The number of aromatic nitrogens is 4. The van der Waals surface area contributed by atoms with Gasteiger partial charge in [-0.3, -0.25) is 4.79 Å². The molecule has 1 aliphatic rings. The van der Waals surface area contributed by atoms with Gasteiger partial charge in [0.05, 0.1) is 23.6 Å². The minimum atomic E-state index is 0.0192. The second-order valence-electron chi connectivity index (χ2n) is 8.37. The van der Waals surface area contributed by atoms with Crippen molar-refractivity contribution in [1.29, 1.82) is 0 Å². The molecule has 2 atom stereocenters. The van der Waals surface area contributed by atoms with Crippen LogP contribution in [0.3, 0.4) is 0 Å². The largest absolute Gasteiger partial charge is 0.441 e. The lowest BCUT2D eigenvalue weighted by Gasteiger charge is -2.38. The number of amides is 1. The first-order chi connectivity index (χ1) is 15.1. The number of piperidine rings is 1. The lowest BCUT2D eigenvalue weighted by molar-refractivity contribution is 0.0554. The van der Waals surface area contributed by atoms with E-state index in [0.717, 1.165) is 41.8 Å². The highest BCUT2D eigenvalue weighted by molar-refractivity contribution is 5.98. The summed E-state index contributed by atoms with van der Waals surface area (Å²) in [6.45, 7) is 4.79. The monoisotopic (exact) mass is 415 g/mol. The molecule has 0 radical (unpaired) electrons. The summed E-state index contributed by atoms with van der Waals surface area (Å²) in [6, 6.07) is 13.8. The normalized spacial score (nSPS) is 19.1. The van der Waals surface area contributed by atoms with Gasteiger partial charge in [-0.25, -0.2) is 4.98 Å². The van der Waals surface area contributed by atoms with E-state index in [2.05, 4.69) is 22.1 Å². The van der Waals surface area contributed by atoms with Crippen LogP contribution in [0, 0.1) is 12.8 Å². The van der Waals surface area contributed by atoms with E-state index < -0.39 is 0 Å². The predicted molar refractivity (Wildman–Crippen MR) is 117 cm³/mol. The number of hydrogen-bond donors (Lipinski definition) is 0. The maximum absolute atomic E-state index is 13.6. The summed E-state index contributed by atoms with van der Waals surface area (Å²) < 4.78 is 5.93. The van der Waals surface area contributed by atoms with Crippen LogP contribution in [0.25, 0.3) is 16.8 Å². The Morgan fingerprint density at radius 1 is 1.13 bits per heavy atom. The third kappa shape index (κ3) is 3.83. The Labute approximate surface area is 180 Å². The van der Waals surface area contributed by atoms with Gasteiger partial charge in [-0.2, -0.15) is 15.0 Å². The van der Waals surface area contributed by atoms with Gasteiger partial charge in [-0.05, 0) is 56.9 Å². The van der Waals surface area contributed by atoms with Crippen molar-refractivity contribution in [2.75, 3.05) is 6.54 Å². The number of nitrogens with zero attached hydrogens (tertiary/aromatic N) is 5. The number of carbonyl (C=O) groups excluding carboxylic acids is 1. The number of oxazole rings is 1. The topological polar surface area (TPSA) is 77.1 Å². The number of rotatable bonds is 4. The zero-order valence-electron chi connectivity index (χ0n) is 17.7. The molecule has 2 aromatic heterocycles. The van der Waals surface area contributed by atoms with Crippen molar-refractivity contribution in [3.63, 3.8) is 0 Å². The van der Waals surface area contributed by atoms with Gasteiger partial charge in [0.1, 0.15) is 5.52 Å². The Kier molecular flexibility index (Phi) is 5.02. The van der Waals surface area contributed by atoms with E-state index in [1.165, 1.54) is 4.80 Å². The van der Waals surface area contributed by atoms with E-state index in [9.17, 15) is 4.79 Å². The van der Waals surface area contributed by atoms with E-state index in [4.69, 9.17) is 4.42 Å². The van der Waals surface area contributed by atoms with E-state index in [1.807, 2.05) is 54.3 Å². The fraction of sp³-hybridized carbons (Fsp3) is 0.333. The highest BCUT2D eigenvalue weighted by atomic mass is 16.3. The van der Waals surface area contributed by atoms with Crippen molar-refractivity contribution in [1.82, 2.24) is 24.9 Å². The van der Waals surface area contributed by atoms with Gasteiger partial charge in [0, 0.05) is 19.0 Å². The van der Waals surface area contributed by atoms with Gasteiger partial charge in [0.15, 0.2) is 11.5 Å². The summed E-state index contributed by atoms with van der Waals surface area (Å²) >= 11 is 0. The summed E-state index contributed by atoms with van der Waals surface area (Å²) in [5.41, 5.74) is 4.06. The molecule has 5 rings (SSSR count). The van der Waals surface area contributed by atoms with Crippen LogP contribution in [0.5, 0.6) is 0 Å². The molecule has 1 saturated heterocycles. The minimum absolute atomic E-state index is 0.0192. The molecule has 1 aliphatic heterocycles. The first-order valence-corrected chi connectivity index (χ1v) is 10.7. The van der Waals surface area contributed by atoms with E-state index in [1.54, 1.807) is 12.4 Å². The molecular weight excluding hydrogens is 390 g/mol. The second kappa shape index (κ2) is 7.98. The first-order valence-electron chi connectivity index (χ1n) is 10.7. The third-order valence-corrected chi connectivity index (χ3v) is 6.06. The highest BCUT2D eigenvalue weighted by Crippen LogP contribution is 2.28. The lowest BCUT2D eigenvalue weighted by Crippen LogP contribution is -2.46.